The van der Waals surface area contributed by atoms with E-state index in [1.165, 1.54) is 6.07 Å². The van der Waals surface area contributed by atoms with Crippen molar-refractivity contribution in [1.29, 1.82) is 0 Å². The molecule has 2 aromatic rings. The van der Waals surface area contributed by atoms with Crippen LogP contribution >= 0.6 is 23.4 Å². The molecule has 0 aliphatic carbocycles. The Morgan fingerprint density at radius 2 is 2.07 bits per heavy atom. The molecule has 1 aliphatic rings. The summed E-state index contributed by atoms with van der Waals surface area (Å²) in [5.74, 6) is -1.06. The second-order valence-electron chi connectivity index (χ2n) is 5.65. The number of carbonyl (C=O) groups excluding carboxylic acids is 2. The van der Waals surface area contributed by atoms with Crippen LogP contribution in [0.1, 0.15) is 23.0 Å². The van der Waals surface area contributed by atoms with Crippen molar-refractivity contribution in [2.24, 2.45) is 4.99 Å². The van der Waals surface area contributed by atoms with Gasteiger partial charge in [0.1, 0.15) is 22.1 Å². The zero-order valence-electron chi connectivity index (χ0n) is 15.3. The number of aliphatic hydroxyl groups excluding tert-OH is 1. The first kappa shape index (κ1) is 20.7. The summed E-state index contributed by atoms with van der Waals surface area (Å²) in [6.45, 7) is 1.76. The van der Waals surface area contributed by atoms with Crippen molar-refractivity contribution < 1.29 is 23.8 Å². The molecule has 1 aromatic heterocycles. The quantitative estimate of drug-likeness (QED) is 0.658. The highest BCUT2D eigenvalue weighted by Crippen LogP contribution is 2.38. The van der Waals surface area contributed by atoms with Gasteiger partial charge >= 0.3 is 5.97 Å². The smallest absolute Gasteiger partial charge is 0.344 e. The maximum Gasteiger partial charge on any atom is 0.344 e. The Labute approximate surface area is 176 Å². The molecule has 29 heavy (non-hydrogen) atoms. The number of allylic oxidation sites excluding steroid dienone is 2. The first-order valence-electron chi connectivity index (χ1n) is 8.59. The van der Waals surface area contributed by atoms with Gasteiger partial charge in [-0.2, -0.15) is 0 Å². The zero-order valence-corrected chi connectivity index (χ0v) is 16.9. The van der Waals surface area contributed by atoms with Gasteiger partial charge in [-0.3, -0.25) is 4.79 Å². The first-order chi connectivity index (χ1) is 14.0. The molecule has 148 valence electrons. The molecule has 1 aromatic carbocycles. The Balaban J connectivity index is 1.94. The largest absolute Gasteiger partial charge is 0.506 e. The minimum atomic E-state index is -0.762. The number of nitrogens with zero attached hydrogens (tertiary/aromatic N) is 1. The Morgan fingerprint density at radius 3 is 2.76 bits per heavy atom. The van der Waals surface area contributed by atoms with Gasteiger partial charge in [0, 0.05) is 0 Å². The van der Waals surface area contributed by atoms with Crippen LogP contribution in [-0.2, 0) is 9.53 Å². The number of hydrogen-bond acceptors (Lipinski definition) is 6. The Bertz CT molecular complexity index is 1050. The van der Waals surface area contributed by atoms with Crippen LogP contribution in [0.3, 0.4) is 0 Å². The molecule has 0 spiro atoms. The van der Waals surface area contributed by atoms with Crippen molar-refractivity contribution in [2.45, 2.75) is 6.92 Å². The summed E-state index contributed by atoms with van der Waals surface area (Å²) in [7, 11) is 0. The molecule has 0 radical (unpaired) electrons. The van der Waals surface area contributed by atoms with Crippen molar-refractivity contribution in [3.63, 3.8) is 0 Å². The lowest BCUT2D eigenvalue weighted by Crippen LogP contribution is -2.14. The molecule has 0 bridgehead atoms. The van der Waals surface area contributed by atoms with E-state index in [9.17, 15) is 14.7 Å². The number of esters is 1. The standard InChI is InChI=1S/C21H16ClNO5S/c1-2-27-21(26)17-18(24)16(11-5-7-13-8-6-12-28-13)29-20(17)23-19(25)14-9-3-4-10-15(14)22/h3-12,24H,2H2,1H3/b7-5+,16-11-,23-20?. The lowest BCUT2D eigenvalue weighted by Gasteiger charge is -2.04. The zero-order chi connectivity index (χ0) is 20.8. The van der Waals surface area contributed by atoms with E-state index in [0.717, 1.165) is 11.8 Å². The molecule has 2 heterocycles. The molecule has 8 heteroatoms. The number of aliphatic imine (C=N–C) groups is 1. The summed E-state index contributed by atoms with van der Waals surface area (Å²) < 4.78 is 10.2. The van der Waals surface area contributed by atoms with Gasteiger partial charge in [-0.25, -0.2) is 9.79 Å². The predicted octanol–water partition coefficient (Wildman–Crippen LogP) is 5.19. The summed E-state index contributed by atoms with van der Waals surface area (Å²) in [5.41, 5.74) is 0.0370. The molecular weight excluding hydrogens is 414 g/mol. The van der Waals surface area contributed by atoms with Crippen molar-refractivity contribution in [3.8, 4) is 0 Å². The minimum absolute atomic E-state index is 0.0449. The van der Waals surface area contributed by atoms with Gasteiger partial charge in [-0.15, -0.1) is 0 Å². The first-order valence-corrected chi connectivity index (χ1v) is 9.79. The van der Waals surface area contributed by atoms with Gasteiger partial charge in [-0.05, 0) is 43.3 Å². The third-order valence-corrected chi connectivity index (χ3v) is 5.10. The van der Waals surface area contributed by atoms with Crippen molar-refractivity contribution >= 4 is 46.4 Å². The molecule has 6 nitrogen and oxygen atoms in total. The number of aliphatic hydroxyl groups is 1. The number of ether oxygens (including phenoxy) is 1. The second-order valence-corrected chi connectivity index (χ2v) is 7.09. The number of halogens is 1. The molecule has 0 fully saturated rings. The van der Waals surface area contributed by atoms with E-state index in [-0.39, 0.29) is 33.6 Å². The fraction of sp³-hybridized carbons (Fsp3) is 0.0952. The van der Waals surface area contributed by atoms with Crippen molar-refractivity contribution in [1.82, 2.24) is 0 Å². The van der Waals surface area contributed by atoms with E-state index in [1.807, 2.05) is 0 Å². The number of amides is 1. The maximum absolute atomic E-state index is 12.5. The maximum atomic E-state index is 12.5. The van der Waals surface area contributed by atoms with Crippen LogP contribution in [0.2, 0.25) is 5.02 Å². The lowest BCUT2D eigenvalue weighted by molar-refractivity contribution is -0.138. The average molecular weight is 430 g/mol. The summed E-state index contributed by atoms with van der Waals surface area (Å²) in [6.07, 6.45) is 6.47. The van der Waals surface area contributed by atoms with Gasteiger partial charge < -0.3 is 14.3 Å². The highest BCUT2D eigenvalue weighted by Gasteiger charge is 2.33. The molecule has 0 unspecified atom stereocenters. The third kappa shape index (κ3) is 4.88. The van der Waals surface area contributed by atoms with Gasteiger partial charge in [0.05, 0.1) is 28.4 Å². The molecule has 1 N–H and O–H groups in total. The molecular formula is C21H16ClNO5S. The second kappa shape index (κ2) is 9.45. The monoisotopic (exact) mass is 429 g/mol. The summed E-state index contributed by atoms with van der Waals surface area (Å²) in [5, 5.41) is 10.8. The fourth-order valence-electron chi connectivity index (χ4n) is 2.41. The van der Waals surface area contributed by atoms with Crippen LogP contribution in [0.15, 0.2) is 80.5 Å². The fourth-order valence-corrected chi connectivity index (χ4v) is 3.59. The van der Waals surface area contributed by atoms with Gasteiger partial charge in [-0.1, -0.05) is 41.6 Å². The number of hydrogen-bond donors (Lipinski definition) is 1. The van der Waals surface area contributed by atoms with Crippen LogP contribution in [-0.4, -0.2) is 28.6 Å². The highest BCUT2D eigenvalue weighted by molar-refractivity contribution is 8.18. The van der Waals surface area contributed by atoms with Crippen molar-refractivity contribution in [3.05, 3.63) is 87.4 Å². The van der Waals surface area contributed by atoms with E-state index in [0.29, 0.717) is 10.7 Å². The molecule has 0 saturated carbocycles. The molecule has 0 saturated heterocycles. The Kier molecular flexibility index (Phi) is 6.74. The van der Waals surface area contributed by atoms with Crippen LogP contribution in [0.25, 0.3) is 6.08 Å². The van der Waals surface area contributed by atoms with Crippen molar-refractivity contribution in [2.75, 3.05) is 6.61 Å². The summed E-state index contributed by atoms with van der Waals surface area (Å²) >= 11 is 7.04. The van der Waals surface area contributed by atoms with Crippen LogP contribution < -0.4 is 0 Å². The number of rotatable bonds is 5. The number of thioether (sulfide) groups is 1. The number of carbonyl (C=O) groups is 2. The lowest BCUT2D eigenvalue weighted by atomic mass is 10.2. The third-order valence-electron chi connectivity index (χ3n) is 3.73. The predicted molar refractivity (Wildman–Crippen MR) is 113 cm³/mol. The van der Waals surface area contributed by atoms with Gasteiger partial charge in [0.25, 0.3) is 5.91 Å². The topological polar surface area (TPSA) is 89.1 Å². The average Bonchev–Trinajstić information content (AvgIpc) is 3.31. The minimum Gasteiger partial charge on any atom is -0.506 e. The number of furan rings is 1. The van der Waals surface area contributed by atoms with Gasteiger partial charge in [0.2, 0.25) is 0 Å². The van der Waals surface area contributed by atoms with E-state index < -0.39 is 11.9 Å². The van der Waals surface area contributed by atoms with Gasteiger partial charge in [0.15, 0.2) is 0 Å². The molecule has 1 amide bonds. The van der Waals surface area contributed by atoms with E-state index in [1.54, 1.807) is 61.7 Å². The summed E-state index contributed by atoms with van der Waals surface area (Å²) in [4.78, 5) is 29.2. The summed E-state index contributed by atoms with van der Waals surface area (Å²) in [6, 6.07) is 9.97. The van der Waals surface area contributed by atoms with Crippen LogP contribution in [0.5, 0.6) is 0 Å². The van der Waals surface area contributed by atoms with Crippen LogP contribution in [0.4, 0.5) is 0 Å². The Hall–Kier alpha value is -3.03. The normalized spacial score (nSPS) is 16.9. The molecule has 1 aliphatic heterocycles. The van der Waals surface area contributed by atoms with E-state index in [4.69, 9.17) is 20.8 Å². The Morgan fingerprint density at radius 1 is 1.28 bits per heavy atom. The molecule has 3 rings (SSSR count). The SMILES string of the molecule is CCOC(=O)C1=C(O)/C(=C/C=C/c2ccco2)SC1=NC(=O)c1ccccc1Cl. The number of benzene rings is 1. The highest BCUT2D eigenvalue weighted by atomic mass is 35.5. The molecule has 0 atom stereocenters. The van der Waals surface area contributed by atoms with E-state index >= 15 is 0 Å². The van der Waals surface area contributed by atoms with Crippen LogP contribution in [0, 0.1) is 0 Å². The van der Waals surface area contributed by atoms with E-state index in [2.05, 4.69) is 4.99 Å².